The van der Waals surface area contributed by atoms with Crippen molar-refractivity contribution in [2.24, 2.45) is 0 Å². The molecule has 2 heterocycles. The smallest absolute Gasteiger partial charge is 0.213 e. The fourth-order valence-corrected chi connectivity index (χ4v) is 5.05. The Bertz CT molecular complexity index is 1330. The van der Waals surface area contributed by atoms with Gasteiger partial charge in [0, 0.05) is 29.6 Å². The molecule has 0 aliphatic carbocycles. The van der Waals surface area contributed by atoms with Gasteiger partial charge in [0.05, 0.1) is 22.1 Å². The van der Waals surface area contributed by atoms with Crippen LogP contribution in [0.15, 0.2) is 95.0 Å². The van der Waals surface area contributed by atoms with Gasteiger partial charge in [0.1, 0.15) is 0 Å². The van der Waals surface area contributed by atoms with E-state index in [0.717, 1.165) is 27.7 Å². The van der Waals surface area contributed by atoms with Gasteiger partial charge in [-0.05, 0) is 35.4 Å². The maximum Gasteiger partial charge on any atom is 0.213 e. The van der Waals surface area contributed by atoms with Crippen LogP contribution < -0.4 is 14.6 Å². The van der Waals surface area contributed by atoms with Crippen LogP contribution in [0.5, 0.6) is 0 Å². The first kappa shape index (κ1) is 19.4. The van der Waals surface area contributed by atoms with Crippen molar-refractivity contribution in [2.45, 2.75) is 11.4 Å². The lowest BCUT2D eigenvalue weighted by molar-refractivity contribution is -0.662. The molecular formula is C26H20N2O2S. The molecular weight excluding hydrogens is 404 g/mol. The lowest BCUT2D eigenvalue weighted by Crippen LogP contribution is -2.34. The monoisotopic (exact) mass is 424 g/mol. The maximum absolute atomic E-state index is 11.2. The Balaban J connectivity index is 1.53. The predicted molar refractivity (Wildman–Crippen MR) is 123 cm³/mol. The highest BCUT2D eigenvalue weighted by Gasteiger charge is 2.23. The van der Waals surface area contributed by atoms with E-state index in [1.165, 1.54) is 16.5 Å². The minimum absolute atomic E-state index is 0.202. The largest absolute Gasteiger partial charge is 0.545 e. The molecule has 0 spiro atoms. The summed E-state index contributed by atoms with van der Waals surface area (Å²) in [5, 5.41) is 13.4. The molecule has 4 aromatic rings. The Morgan fingerprint density at radius 3 is 2.61 bits per heavy atom. The first-order chi connectivity index (χ1) is 15.1. The van der Waals surface area contributed by atoms with Crippen LogP contribution in [-0.2, 0) is 6.54 Å². The molecule has 0 unspecified atom stereocenters. The third-order valence-electron chi connectivity index (χ3n) is 5.54. The number of aromatic carboxylic acids is 1. The van der Waals surface area contributed by atoms with Crippen molar-refractivity contribution >= 4 is 40.4 Å². The number of para-hydroxylation sites is 1. The topological polar surface area (TPSA) is 47.2 Å². The van der Waals surface area contributed by atoms with Gasteiger partial charge in [-0.3, -0.25) is 0 Å². The van der Waals surface area contributed by atoms with Crippen molar-refractivity contribution in [1.82, 2.24) is 0 Å². The second kappa shape index (κ2) is 7.93. The number of anilines is 1. The fraction of sp³-hybridized carbons (Fsp3) is 0.0769. The number of aromatic nitrogens is 1. The highest BCUT2D eigenvalue weighted by atomic mass is 32.2. The van der Waals surface area contributed by atoms with Crippen molar-refractivity contribution < 1.29 is 14.5 Å². The second-order valence-electron chi connectivity index (χ2n) is 7.52. The van der Waals surface area contributed by atoms with Gasteiger partial charge in [-0.15, -0.1) is 0 Å². The van der Waals surface area contributed by atoms with Gasteiger partial charge in [-0.25, -0.2) is 0 Å². The van der Waals surface area contributed by atoms with Crippen LogP contribution in [0.1, 0.15) is 21.5 Å². The summed E-state index contributed by atoms with van der Waals surface area (Å²) in [6.45, 7) is 0.810. The number of thioether (sulfide) groups is 1. The molecule has 1 aliphatic heterocycles. The third kappa shape index (κ3) is 3.68. The van der Waals surface area contributed by atoms with E-state index in [9.17, 15) is 9.90 Å². The van der Waals surface area contributed by atoms with Crippen LogP contribution >= 0.6 is 11.8 Å². The number of rotatable bonds is 4. The van der Waals surface area contributed by atoms with E-state index in [2.05, 4.69) is 76.3 Å². The van der Waals surface area contributed by atoms with E-state index < -0.39 is 5.97 Å². The lowest BCUT2D eigenvalue weighted by Gasteiger charge is -2.14. The Kier molecular flexibility index (Phi) is 4.96. The molecule has 0 amide bonds. The van der Waals surface area contributed by atoms with Crippen LogP contribution in [0.3, 0.4) is 0 Å². The van der Waals surface area contributed by atoms with Crippen LogP contribution in [0, 0.1) is 0 Å². The summed E-state index contributed by atoms with van der Waals surface area (Å²) < 4.78 is 2.26. The van der Waals surface area contributed by atoms with Gasteiger partial charge in [0.2, 0.25) is 5.52 Å². The van der Waals surface area contributed by atoms with Crippen LogP contribution in [0.4, 0.5) is 5.69 Å². The highest BCUT2D eigenvalue weighted by Crippen LogP contribution is 2.46. The first-order valence-corrected chi connectivity index (χ1v) is 10.9. The molecule has 1 aliphatic rings. The van der Waals surface area contributed by atoms with Crippen molar-refractivity contribution in [1.29, 1.82) is 0 Å². The predicted octanol–water partition coefficient (Wildman–Crippen LogP) is 4.08. The standard InChI is InChI=1S/C26H20N2O2S/c1-27-23-12-11-20(26(29)30)15-24(23)31-25(27)16-19-13-14-28(17-18-7-3-2-4-8-18)22-10-6-5-9-21(19)22/h2-16H,17H2,1H3. The summed E-state index contributed by atoms with van der Waals surface area (Å²) in [4.78, 5) is 14.2. The maximum atomic E-state index is 11.2. The molecule has 0 N–H and O–H groups in total. The minimum Gasteiger partial charge on any atom is -0.545 e. The van der Waals surface area contributed by atoms with Crippen molar-refractivity contribution in [3.63, 3.8) is 0 Å². The molecule has 1 aromatic heterocycles. The Morgan fingerprint density at radius 1 is 1.03 bits per heavy atom. The fourth-order valence-electron chi connectivity index (χ4n) is 3.91. The average Bonchev–Trinajstić information content (AvgIpc) is 3.10. The van der Waals surface area contributed by atoms with E-state index in [4.69, 9.17) is 0 Å². The number of pyridine rings is 1. The molecule has 0 bridgehead atoms. The van der Waals surface area contributed by atoms with Gasteiger partial charge in [-0.2, -0.15) is 4.57 Å². The Morgan fingerprint density at radius 2 is 1.81 bits per heavy atom. The molecule has 0 atom stereocenters. The SMILES string of the molecule is CN1C(=Cc2cc[n+](Cc3ccccc3)c3ccccc23)Sc2cc(C(=O)[O-])ccc21. The van der Waals surface area contributed by atoms with Crippen LogP contribution in [0.25, 0.3) is 17.0 Å². The van der Waals surface area contributed by atoms with Crippen molar-refractivity contribution in [2.75, 3.05) is 11.9 Å². The zero-order valence-corrected chi connectivity index (χ0v) is 17.8. The zero-order valence-electron chi connectivity index (χ0n) is 17.0. The molecule has 0 saturated carbocycles. The number of fused-ring (bicyclic) bond motifs is 2. The number of hydrogen-bond donors (Lipinski definition) is 0. The van der Waals surface area contributed by atoms with Crippen molar-refractivity contribution in [3.05, 3.63) is 107 Å². The third-order valence-corrected chi connectivity index (χ3v) is 6.68. The lowest BCUT2D eigenvalue weighted by atomic mass is 10.1. The Labute approximate surface area is 185 Å². The van der Waals surface area contributed by atoms with Crippen LogP contribution in [0.2, 0.25) is 0 Å². The summed E-state index contributed by atoms with van der Waals surface area (Å²) in [6.07, 6.45) is 4.29. The molecule has 31 heavy (non-hydrogen) atoms. The summed E-state index contributed by atoms with van der Waals surface area (Å²) in [5.41, 5.74) is 4.76. The number of carboxylic acid groups (broad SMARTS) is 1. The van der Waals surface area contributed by atoms with E-state index in [1.807, 2.05) is 19.2 Å². The molecule has 0 radical (unpaired) electrons. The normalized spacial score (nSPS) is 14.2. The van der Waals surface area contributed by atoms with E-state index in [-0.39, 0.29) is 5.56 Å². The number of hydrogen-bond acceptors (Lipinski definition) is 4. The number of nitrogens with zero attached hydrogens (tertiary/aromatic N) is 2. The van der Waals surface area contributed by atoms with Gasteiger partial charge in [0.25, 0.3) is 0 Å². The van der Waals surface area contributed by atoms with E-state index in [0.29, 0.717) is 0 Å². The molecule has 0 saturated heterocycles. The number of carbonyl (C=O) groups is 1. The van der Waals surface area contributed by atoms with Gasteiger partial charge < -0.3 is 14.8 Å². The quantitative estimate of drug-likeness (QED) is 0.463. The first-order valence-electron chi connectivity index (χ1n) is 10.0. The molecule has 3 aromatic carbocycles. The number of benzene rings is 3. The highest BCUT2D eigenvalue weighted by molar-refractivity contribution is 8.03. The van der Waals surface area contributed by atoms with Crippen LogP contribution in [-0.4, -0.2) is 13.0 Å². The average molecular weight is 425 g/mol. The van der Waals surface area contributed by atoms with Gasteiger partial charge in [-0.1, -0.05) is 60.3 Å². The second-order valence-corrected chi connectivity index (χ2v) is 8.58. The zero-order chi connectivity index (χ0) is 21.4. The van der Waals surface area contributed by atoms with E-state index >= 15 is 0 Å². The van der Waals surface area contributed by atoms with E-state index in [1.54, 1.807) is 23.9 Å². The molecule has 5 rings (SSSR count). The summed E-state index contributed by atoms with van der Waals surface area (Å²) in [6, 6.07) is 26.1. The van der Waals surface area contributed by atoms with Gasteiger partial charge >= 0.3 is 0 Å². The summed E-state index contributed by atoms with van der Waals surface area (Å²) in [7, 11) is 2.00. The number of carbonyl (C=O) groups excluding carboxylic acids is 1. The molecule has 5 heteroatoms. The summed E-state index contributed by atoms with van der Waals surface area (Å²) >= 11 is 1.58. The molecule has 4 nitrogen and oxygen atoms in total. The molecule has 152 valence electrons. The minimum atomic E-state index is -1.15. The Hall–Kier alpha value is -3.57. The van der Waals surface area contributed by atoms with Gasteiger partial charge in [0.15, 0.2) is 12.7 Å². The number of carboxylic acids is 1. The van der Waals surface area contributed by atoms with Crippen molar-refractivity contribution in [3.8, 4) is 0 Å². The summed E-state index contributed by atoms with van der Waals surface area (Å²) in [5.74, 6) is -1.15. The molecule has 0 fully saturated rings.